The van der Waals surface area contributed by atoms with Crippen molar-refractivity contribution in [3.05, 3.63) is 78.2 Å². The van der Waals surface area contributed by atoms with E-state index in [0.29, 0.717) is 18.5 Å². The summed E-state index contributed by atoms with van der Waals surface area (Å²) in [6.07, 6.45) is 5.55. The molecule has 0 saturated heterocycles. The van der Waals surface area contributed by atoms with Crippen LogP contribution in [-0.4, -0.2) is 28.8 Å². The van der Waals surface area contributed by atoms with Gasteiger partial charge in [-0.1, -0.05) is 25.1 Å². The molecule has 0 aliphatic carbocycles. The normalized spacial score (nSPS) is 10.4. The van der Waals surface area contributed by atoms with Crippen molar-refractivity contribution in [2.45, 2.75) is 19.9 Å². The minimum absolute atomic E-state index is 0. The van der Waals surface area contributed by atoms with E-state index in [1.165, 1.54) is 0 Å². The lowest BCUT2D eigenvalue weighted by Gasteiger charge is -2.16. The predicted molar refractivity (Wildman–Crippen MR) is 111 cm³/mol. The van der Waals surface area contributed by atoms with Gasteiger partial charge in [-0.2, -0.15) is 0 Å². The summed E-state index contributed by atoms with van der Waals surface area (Å²) in [4.78, 5) is 34.1. The van der Waals surface area contributed by atoms with Gasteiger partial charge in [0.1, 0.15) is 0 Å². The summed E-state index contributed by atoms with van der Waals surface area (Å²) in [6, 6.07) is 14.8. The number of anilines is 1. The van der Waals surface area contributed by atoms with Gasteiger partial charge in [0, 0.05) is 45.0 Å². The maximum Gasteiger partial charge on any atom is 0.251 e. The summed E-state index contributed by atoms with van der Waals surface area (Å²) < 4.78 is 0. The van der Waals surface area contributed by atoms with Crippen LogP contribution in [0, 0.1) is 0 Å². The Hall–Kier alpha value is -3.54. The van der Waals surface area contributed by atoms with Gasteiger partial charge < -0.3 is 10.2 Å². The number of hydrogen-bond acceptors (Lipinski definition) is 4. The molecule has 3 aromatic rings. The van der Waals surface area contributed by atoms with Gasteiger partial charge in [0.15, 0.2) is 0 Å². The topological polar surface area (TPSA) is 75.2 Å². The second kappa shape index (κ2) is 8.90. The van der Waals surface area contributed by atoms with E-state index >= 15 is 0 Å². The summed E-state index contributed by atoms with van der Waals surface area (Å²) in [7, 11) is 1.74. The molecule has 2 amide bonds. The zero-order chi connectivity index (χ0) is 19.9. The highest BCUT2D eigenvalue weighted by molar-refractivity contribution is 5.94. The molecule has 144 valence electrons. The largest absolute Gasteiger partial charge is 0.348 e. The summed E-state index contributed by atoms with van der Waals surface area (Å²) in [5, 5.41) is 2.88. The molecule has 0 saturated carbocycles. The van der Waals surface area contributed by atoms with E-state index in [1.54, 1.807) is 42.7 Å². The highest BCUT2D eigenvalue weighted by Crippen LogP contribution is 2.21. The van der Waals surface area contributed by atoms with E-state index in [9.17, 15) is 9.59 Å². The molecule has 2 heterocycles. The average Bonchev–Trinajstić information content (AvgIpc) is 2.77. The first kappa shape index (κ1) is 19.2. The number of amides is 2. The van der Waals surface area contributed by atoms with Gasteiger partial charge in [0.2, 0.25) is 5.91 Å². The smallest absolute Gasteiger partial charge is 0.251 e. The Morgan fingerprint density at radius 3 is 2.46 bits per heavy atom. The molecule has 3 rings (SSSR count). The molecule has 0 unspecified atom stereocenters. The molecular weight excluding hydrogens is 352 g/mol. The van der Waals surface area contributed by atoms with Gasteiger partial charge in [-0.15, -0.1) is 0 Å². The SMILES string of the molecule is CCC(=O)N(C)c1ccc(-c2ccc(C(=O)NCc3cccnc3)cc2)nc1.[HH]. The van der Waals surface area contributed by atoms with Crippen molar-refractivity contribution >= 4 is 17.5 Å². The third-order valence-electron chi connectivity index (χ3n) is 4.43. The second-order valence-corrected chi connectivity index (χ2v) is 6.33. The van der Waals surface area contributed by atoms with E-state index in [4.69, 9.17) is 0 Å². The zero-order valence-electron chi connectivity index (χ0n) is 15.9. The van der Waals surface area contributed by atoms with Crippen molar-refractivity contribution in [3.63, 3.8) is 0 Å². The number of nitrogens with one attached hydrogen (secondary N) is 1. The van der Waals surface area contributed by atoms with Crippen molar-refractivity contribution in [1.29, 1.82) is 0 Å². The summed E-state index contributed by atoms with van der Waals surface area (Å²) >= 11 is 0. The molecule has 0 bridgehead atoms. The number of nitrogens with zero attached hydrogens (tertiary/aromatic N) is 3. The van der Waals surface area contributed by atoms with Gasteiger partial charge in [-0.25, -0.2) is 0 Å². The first-order valence-corrected chi connectivity index (χ1v) is 9.08. The molecule has 6 nitrogen and oxygen atoms in total. The number of aromatic nitrogens is 2. The fourth-order valence-electron chi connectivity index (χ4n) is 2.72. The molecule has 2 aromatic heterocycles. The lowest BCUT2D eigenvalue weighted by atomic mass is 10.1. The Labute approximate surface area is 165 Å². The maximum atomic E-state index is 12.3. The molecule has 1 aromatic carbocycles. The molecule has 28 heavy (non-hydrogen) atoms. The molecule has 0 aliphatic rings. The van der Waals surface area contributed by atoms with Crippen molar-refractivity contribution in [3.8, 4) is 11.3 Å². The van der Waals surface area contributed by atoms with E-state index in [2.05, 4.69) is 15.3 Å². The van der Waals surface area contributed by atoms with Crippen molar-refractivity contribution in [2.24, 2.45) is 0 Å². The van der Waals surface area contributed by atoms with Gasteiger partial charge in [0.25, 0.3) is 5.91 Å². The molecule has 0 radical (unpaired) electrons. The first-order chi connectivity index (χ1) is 13.6. The summed E-state index contributed by atoms with van der Waals surface area (Å²) in [5.41, 5.74) is 3.96. The minimum Gasteiger partial charge on any atom is -0.348 e. The summed E-state index contributed by atoms with van der Waals surface area (Å²) in [6.45, 7) is 2.26. The minimum atomic E-state index is -0.140. The number of carbonyl (C=O) groups is 2. The number of hydrogen-bond donors (Lipinski definition) is 1. The fraction of sp³-hybridized carbons (Fsp3) is 0.182. The van der Waals surface area contributed by atoms with E-state index < -0.39 is 0 Å². The number of benzene rings is 1. The fourth-order valence-corrected chi connectivity index (χ4v) is 2.72. The Kier molecular flexibility index (Phi) is 6.11. The van der Waals surface area contributed by atoms with Crippen LogP contribution in [0.25, 0.3) is 11.3 Å². The summed E-state index contributed by atoms with van der Waals surface area (Å²) in [5.74, 6) is -0.102. The molecule has 6 heteroatoms. The third-order valence-corrected chi connectivity index (χ3v) is 4.43. The first-order valence-electron chi connectivity index (χ1n) is 9.08. The molecule has 0 atom stereocenters. The van der Waals surface area contributed by atoms with E-state index in [0.717, 1.165) is 22.5 Å². The lowest BCUT2D eigenvalue weighted by molar-refractivity contribution is -0.118. The van der Waals surface area contributed by atoms with Gasteiger partial charge in [-0.05, 0) is 35.9 Å². The third kappa shape index (κ3) is 4.59. The average molecular weight is 376 g/mol. The number of rotatable bonds is 6. The van der Waals surface area contributed by atoms with Crippen LogP contribution in [0.4, 0.5) is 5.69 Å². The molecule has 1 N–H and O–H groups in total. The Morgan fingerprint density at radius 1 is 1.07 bits per heavy atom. The van der Waals surface area contributed by atoms with Crippen LogP contribution in [0.5, 0.6) is 0 Å². The van der Waals surface area contributed by atoms with Crippen molar-refractivity contribution in [1.82, 2.24) is 15.3 Å². The van der Waals surface area contributed by atoms with Crippen LogP contribution in [0.1, 0.15) is 30.7 Å². The predicted octanol–water partition coefficient (Wildman–Crippen LogP) is 3.69. The van der Waals surface area contributed by atoms with Gasteiger partial charge in [-0.3, -0.25) is 19.6 Å². The molecule has 0 spiro atoms. The Bertz CT molecular complexity index is 945. The van der Waals surface area contributed by atoms with Crippen LogP contribution in [0.3, 0.4) is 0 Å². The van der Waals surface area contributed by atoms with Crippen LogP contribution in [-0.2, 0) is 11.3 Å². The van der Waals surface area contributed by atoms with Crippen LogP contribution < -0.4 is 10.2 Å². The Balaban J connectivity index is 0.00000300. The highest BCUT2D eigenvalue weighted by Gasteiger charge is 2.10. The second-order valence-electron chi connectivity index (χ2n) is 6.33. The quantitative estimate of drug-likeness (QED) is 0.712. The maximum absolute atomic E-state index is 12.3. The zero-order valence-corrected chi connectivity index (χ0v) is 15.9. The monoisotopic (exact) mass is 376 g/mol. The Morgan fingerprint density at radius 2 is 1.86 bits per heavy atom. The van der Waals surface area contributed by atoms with Crippen LogP contribution in [0.2, 0.25) is 0 Å². The number of pyridine rings is 2. The molecule has 0 fully saturated rings. The molecular formula is C22H24N4O2. The van der Waals surface area contributed by atoms with Gasteiger partial charge >= 0.3 is 0 Å². The lowest BCUT2D eigenvalue weighted by Crippen LogP contribution is -2.25. The number of carbonyl (C=O) groups excluding carboxylic acids is 2. The van der Waals surface area contributed by atoms with E-state index in [-0.39, 0.29) is 13.2 Å². The highest BCUT2D eigenvalue weighted by atomic mass is 16.2. The van der Waals surface area contributed by atoms with Gasteiger partial charge in [0.05, 0.1) is 17.6 Å². The standard InChI is InChI=1S/C22H22N4O2.H2/c1-3-21(27)26(2)19-10-11-20(24-15-19)17-6-8-18(9-7-17)22(28)25-14-16-5-4-12-23-13-16;/h4-13,15H,3,14H2,1-2H3,(H,25,28);1H. The van der Waals surface area contributed by atoms with Crippen molar-refractivity contribution in [2.75, 3.05) is 11.9 Å². The van der Waals surface area contributed by atoms with Crippen LogP contribution in [0.15, 0.2) is 67.1 Å². The molecule has 0 aliphatic heterocycles. The van der Waals surface area contributed by atoms with Crippen molar-refractivity contribution < 1.29 is 11.0 Å². The van der Waals surface area contributed by atoms with Crippen LogP contribution >= 0.6 is 0 Å². The van der Waals surface area contributed by atoms with E-state index in [1.807, 2.05) is 43.3 Å².